The lowest BCUT2D eigenvalue weighted by Gasteiger charge is -2.10. The van der Waals surface area contributed by atoms with Crippen molar-refractivity contribution in [2.45, 2.75) is 13.3 Å². The van der Waals surface area contributed by atoms with Gasteiger partial charge in [-0.25, -0.2) is 5.43 Å². The van der Waals surface area contributed by atoms with Gasteiger partial charge in [-0.1, -0.05) is 6.07 Å². The number of hydrogen-bond donors (Lipinski definition) is 3. The van der Waals surface area contributed by atoms with Gasteiger partial charge in [0.05, 0.1) is 27.0 Å². The second-order valence-electron chi connectivity index (χ2n) is 6.05. The van der Waals surface area contributed by atoms with E-state index in [1.54, 1.807) is 39.3 Å². The van der Waals surface area contributed by atoms with Crippen LogP contribution in [0, 0.1) is 0 Å². The molecule has 0 fully saturated rings. The summed E-state index contributed by atoms with van der Waals surface area (Å²) in [5.74, 6) is -0.164. The lowest BCUT2D eigenvalue weighted by molar-refractivity contribution is -0.139. The van der Waals surface area contributed by atoms with Crippen LogP contribution < -0.4 is 25.0 Å². The summed E-state index contributed by atoms with van der Waals surface area (Å²) in [6, 6.07) is 10.1. The molecule has 0 atom stereocenters. The van der Waals surface area contributed by atoms with Gasteiger partial charge in [0.25, 0.3) is 0 Å². The third kappa shape index (κ3) is 6.40. The second-order valence-corrected chi connectivity index (χ2v) is 6.05. The van der Waals surface area contributed by atoms with Crippen molar-refractivity contribution in [3.05, 3.63) is 47.5 Å². The molecule has 9 heteroatoms. The SMILES string of the molecule is CCOc1cc(C=NNC(=O)C(=O)NCCc2ccc(OC)c(OC)c2)ccc1O. The van der Waals surface area contributed by atoms with Gasteiger partial charge in [-0.2, -0.15) is 5.10 Å². The zero-order valence-corrected chi connectivity index (χ0v) is 17.1. The van der Waals surface area contributed by atoms with Crippen molar-refractivity contribution in [1.82, 2.24) is 10.7 Å². The first-order valence-electron chi connectivity index (χ1n) is 9.26. The number of nitrogens with one attached hydrogen (secondary N) is 2. The van der Waals surface area contributed by atoms with Crippen LogP contribution in [0.4, 0.5) is 0 Å². The molecule has 0 aliphatic heterocycles. The van der Waals surface area contributed by atoms with Crippen molar-refractivity contribution in [2.24, 2.45) is 5.10 Å². The maximum absolute atomic E-state index is 11.9. The number of amides is 2. The quantitative estimate of drug-likeness (QED) is 0.325. The predicted octanol–water partition coefficient (Wildman–Crippen LogP) is 1.62. The Balaban J connectivity index is 1.82. The average molecular weight is 415 g/mol. The van der Waals surface area contributed by atoms with Crippen LogP contribution in [0.15, 0.2) is 41.5 Å². The smallest absolute Gasteiger partial charge is 0.329 e. The summed E-state index contributed by atoms with van der Waals surface area (Å²) in [5, 5.41) is 15.9. The summed E-state index contributed by atoms with van der Waals surface area (Å²) in [7, 11) is 3.10. The van der Waals surface area contributed by atoms with E-state index in [9.17, 15) is 14.7 Å². The van der Waals surface area contributed by atoms with E-state index in [1.807, 2.05) is 12.1 Å². The van der Waals surface area contributed by atoms with E-state index in [1.165, 1.54) is 12.3 Å². The molecule has 2 rings (SSSR count). The molecule has 2 amide bonds. The Hall–Kier alpha value is -3.75. The first-order chi connectivity index (χ1) is 14.5. The lowest BCUT2D eigenvalue weighted by atomic mass is 10.1. The summed E-state index contributed by atoms with van der Waals surface area (Å²) in [5.41, 5.74) is 3.67. The lowest BCUT2D eigenvalue weighted by Crippen LogP contribution is -2.38. The maximum atomic E-state index is 11.9. The fourth-order valence-corrected chi connectivity index (χ4v) is 2.54. The Kier molecular flexibility index (Phi) is 8.49. The van der Waals surface area contributed by atoms with Crippen LogP contribution in [0.3, 0.4) is 0 Å². The van der Waals surface area contributed by atoms with E-state index in [0.29, 0.717) is 35.8 Å². The van der Waals surface area contributed by atoms with E-state index < -0.39 is 11.8 Å². The van der Waals surface area contributed by atoms with Gasteiger partial charge in [0.2, 0.25) is 0 Å². The highest BCUT2D eigenvalue weighted by atomic mass is 16.5. The number of ether oxygens (including phenoxy) is 3. The van der Waals surface area contributed by atoms with Gasteiger partial charge in [-0.05, 0) is 54.8 Å². The first-order valence-corrected chi connectivity index (χ1v) is 9.26. The van der Waals surface area contributed by atoms with Gasteiger partial charge in [0.1, 0.15) is 0 Å². The van der Waals surface area contributed by atoms with E-state index in [-0.39, 0.29) is 12.3 Å². The van der Waals surface area contributed by atoms with Crippen LogP contribution in [0.1, 0.15) is 18.1 Å². The summed E-state index contributed by atoms with van der Waals surface area (Å²) in [6.07, 6.45) is 1.85. The molecule has 0 aliphatic rings. The molecule has 0 saturated heterocycles. The molecular weight excluding hydrogens is 390 g/mol. The van der Waals surface area contributed by atoms with Crippen LogP contribution in [0.2, 0.25) is 0 Å². The molecule has 0 radical (unpaired) electrons. The number of phenols is 1. The summed E-state index contributed by atoms with van der Waals surface area (Å²) >= 11 is 0. The molecule has 160 valence electrons. The number of aromatic hydroxyl groups is 1. The van der Waals surface area contributed by atoms with Gasteiger partial charge in [-0.3, -0.25) is 9.59 Å². The average Bonchev–Trinajstić information content (AvgIpc) is 2.75. The molecular formula is C21H25N3O6. The number of carbonyl (C=O) groups excluding carboxylic acids is 2. The van der Waals surface area contributed by atoms with Gasteiger partial charge in [0, 0.05) is 6.54 Å². The zero-order valence-electron chi connectivity index (χ0n) is 17.1. The van der Waals surface area contributed by atoms with E-state index in [4.69, 9.17) is 14.2 Å². The Labute approximate surface area is 174 Å². The Morgan fingerprint density at radius 3 is 2.50 bits per heavy atom. The van der Waals surface area contributed by atoms with E-state index in [2.05, 4.69) is 15.8 Å². The molecule has 30 heavy (non-hydrogen) atoms. The van der Waals surface area contributed by atoms with Gasteiger partial charge in [-0.15, -0.1) is 0 Å². The number of phenolic OH excluding ortho intramolecular Hbond substituents is 1. The highest BCUT2D eigenvalue weighted by Gasteiger charge is 2.12. The molecule has 9 nitrogen and oxygen atoms in total. The number of hydrogen-bond acceptors (Lipinski definition) is 7. The number of benzene rings is 2. The van der Waals surface area contributed by atoms with Crippen molar-refractivity contribution in [1.29, 1.82) is 0 Å². The largest absolute Gasteiger partial charge is 0.504 e. The first kappa shape index (κ1) is 22.5. The van der Waals surface area contributed by atoms with Gasteiger partial charge in [0.15, 0.2) is 23.0 Å². The molecule has 3 N–H and O–H groups in total. The minimum Gasteiger partial charge on any atom is -0.504 e. The fourth-order valence-electron chi connectivity index (χ4n) is 2.54. The summed E-state index contributed by atoms with van der Waals surface area (Å²) < 4.78 is 15.7. The Bertz CT molecular complexity index is 914. The number of hydrazone groups is 1. The third-order valence-corrected chi connectivity index (χ3v) is 4.02. The van der Waals surface area contributed by atoms with Crippen LogP contribution in [0.25, 0.3) is 0 Å². The third-order valence-electron chi connectivity index (χ3n) is 4.02. The van der Waals surface area contributed by atoms with Crippen molar-refractivity contribution < 1.29 is 28.9 Å². The highest BCUT2D eigenvalue weighted by molar-refractivity contribution is 6.35. The van der Waals surface area contributed by atoms with Crippen molar-refractivity contribution in [2.75, 3.05) is 27.4 Å². The van der Waals surface area contributed by atoms with E-state index >= 15 is 0 Å². The van der Waals surface area contributed by atoms with Gasteiger partial charge >= 0.3 is 11.8 Å². The molecule has 2 aromatic rings. The standard InChI is InChI=1S/C21H25N3O6/c1-4-30-18-12-15(5-7-16(18)25)13-23-24-21(27)20(26)22-10-9-14-6-8-17(28-2)19(11-14)29-3/h5-8,11-13,25H,4,9-10H2,1-3H3,(H,22,26)(H,24,27). The van der Waals surface area contributed by atoms with Crippen molar-refractivity contribution >= 4 is 18.0 Å². The number of rotatable bonds is 9. The number of nitrogens with zero attached hydrogens (tertiary/aromatic N) is 1. The topological polar surface area (TPSA) is 118 Å². The van der Waals surface area contributed by atoms with Crippen LogP contribution in [-0.2, 0) is 16.0 Å². The normalized spacial score (nSPS) is 10.5. The van der Waals surface area contributed by atoms with Gasteiger partial charge < -0.3 is 24.6 Å². The highest BCUT2D eigenvalue weighted by Crippen LogP contribution is 2.27. The summed E-state index contributed by atoms with van der Waals surface area (Å²) in [4.78, 5) is 23.7. The molecule has 0 bridgehead atoms. The predicted molar refractivity (Wildman–Crippen MR) is 111 cm³/mol. The van der Waals surface area contributed by atoms with Crippen molar-refractivity contribution in [3.8, 4) is 23.0 Å². The van der Waals surface area contributed by atoms with Crippen LogP contribution in [0.5, 0.6) is 23.0 Å². The molecule has 0 saturated carbocycles. The second kappa shape index (κ2) is 11.3. The van der Waals surface area contributed by atoms with Crippen molar-refractivity contribution in [3.63, 3.8) is 0 Å². The molecule has 0 unspecified atom stereocenters. The minimum atomic E-state index is -0.887. The zero-order chi connectivity index (χ0) is 21.9. The van der Waals surface area contributed by atoms with Crippen LogP contribution in [-0.4, -0.2) is 50.5 Å². The Morgan fingerprint density at radius 2 is 1.80 bits per heavy atom. The maximum Gasteiger partial charge on any atom is 0.329 e. The molecule has 0 aliphatic carbocycles. The Morgan fingerprint density at radius 1 is 1.03 bits per heavy atom. The molecule has 0 heterocycles. The van der Waals surface area contributed by atoms with Crippen LogP contribution >= 0.6 is 0 Å². The monoisotopic (exact) mass is 415 g/mol. The number of methoxy groups -OCH3 is 2. The molecule has 0 aromatic heterocycles. The summed E-state index contributed by atoms with van der Waals surface area (Å²) in [6.45, 7) is 2.46. The van der Waals surface area contributed by atoms with E-state index in [0.717, 1.165) is 5.56 Å². The molecule has 0 spiro atoms. The molecule has 2 aromatic carbocycles. The fraction of sp³-hybridized carbons (Fsp3) is 0.286. The minimum absolute atomic E-state index is 0.00638. The number of carbonyl (C=O) groups is 2.